The van der Waals surface area contributed by atoms with Crippen LogP contribution in [-0.2, 0) is 29.0 Å². The summed E-state index contributed by atoms with van der Waals surface area (Å²) >= 11 is 0. The quantitative estimate of drug-likeness (QED) is 0.751. The van der Waals surface area contributed by atoms with Gasteiger partial charge in [0.1, 0.15) is 12.4 Å². The topological polar surface area (TPSA) is 35.5 Å². The van der Waals surface area contributed by atoms with Gasteiger partial charge in [-0.3, -0.25) is 4.79 Å². The van der Waals surface area contributed by atoms with Gasteiger partial charge in [0, 0.05) is 0 Å². The van der Waals surface area contributed by atoms with E-state index >= 15 is 0 Å². The molecule has 0 fully saturated rings. The van der Waals surface area contributed by atoms with Crippen molar-refractivity contribution in [2.75, 3.05) is 7.11 Å². The summed E-state index contributed by atoms with van der Waals surface area (Å²) in [6.45, 7) is 6.77. The van der Waals surface area contributed by atoms with Crippen LogP contribution in [-0.4, -0.2) is 13.1 Å². The van der Waals surface area contributed by atoms with Crippen LogP contribution in [0.1, 0.15) is 34.7 Å². The number of hydrogen-bond acceptors (Lipinski definition) is 3. The highest BCUT2D eigenvalue weighted by atomic mass is 16.5. The van der Waals surface area contributed by atoms with Crippen molar-refractivity contribution in [3.05, 3.63) is 64.2 Å². The van der Waals surface area contributed by atoms with Crippen molar-refractivity contribution in [2.45, 2.75) is 40.2 Å². The van der Waals surface area contributed by atoms with Crippen molar-refractivity contribution in [3.63, 3.8) is 0 Å². The molecule has 3 nitrogen and oxygen atoms in total. The zero-order valence-corrected chi connectivity index (χ0v) is 14.3. The summed E-state index contributed by atoms with van der Waals surface area (Å²) in [6, 6.07) is 12.1. The number of hydrogen-bond donors (Lipinski definition) is 0. The van der Waals surface area contributed by atoms with E-state index in [4.69, 9.17) is 9.47 Å². The Morgan fingerprint density at radius 3 is 2.35 bits per heavy atom. The lowest BCUT2D eigenvalue weighted by atomic mass is 10.0. The molecule has 0 heterocycles. The zero-order valence-electron chi connectivity index (χ0n) is 14.3. The van der Waals surface area contributed by atoms with Crippen LogP contribution in [0.4, 0.5) is 0 Å². The van der Waals surface area contributed by atoms with Gasteiger partial charge in [-0.25, -0.2) is 0 Å². The van der Waals surface area contributed by atoms with Gasteiger partial charge in [-0.05, 0) is 54.2 Å². The SMILES string of the molecule is CCc1cc(C)c(OCc2ccccc2CC(=O)OC)cc1C. The molecule has 3 heteroatoms. The van der Waals surface area contributed by atoms with Gasteiger partial charge in [-0.1, -0.05) is 37.3 Å². The van der Waals surface area contributed by atoms with Crippen LogP contribution < -0.4 is 4.74 Å². The Morgan fingerprint density at radius 2 is 1.70 bits per heavy atom. The Bertz CT molecular complexity index is 689. The molecule has 0 atom stereocenters. The number of carbonyl (C=O) groups excluding carboxylic acids is 1. The second-order valence-corrected chi connectivity index (χ2v) is 5.71. The Balaban J connectivity index is 2.15. The van der Waals surface area contributed by atoms with E-state index in [0.29, 0.717) is 6.61 Å². The first-order valence-corrected chi connectivity index (χ1v) is 7.91. The molecule has 0 amide bonds. The standard InChI is InChI=1S/C20H24O3/c1-5-16-10-15(3)19(11-14(16)2)23-13-18-9-7-6-8-17(18)12-20(21)22-4/h6-11H,5,12-13H2,1-4H3. The highest BCUT2D eigenvalue weighted by Crippen LogP contribution is 2.24. The first-order chi connectivity index (χ1) is 11.0. The van der Waals surface area contributed by atoms with Gasteiger partial charge in [0.2, 0.25) is 0 Å². The summed E-state index contributed by atoms with van der Waals surface area (Å²) in [7, 11) is 1.41. The lowest BCUT2D eigenvalue weighted by molar-refractivity contribution is -0.139. The van der Waals surface area contributed by atoms with E-state index in [1.54, 1.807) is 0 Å². The molecule has 0 radical (unpaired) electrons. The molecular weight excluding hydrogens is 288 g/mol. The summed E-state index contributed by atoms with van der Waals surface area (Å²) in [5.74, 6) is 0.657. The van der Waals surface area contributed by atoms with Gasteiger partial charge in [-0.2, -0.15) is 0 Å². The van der Waals surface area contributed by atoms with Crippen molar-refractivity contribution in [1.82, 2.24) is 0 Å². The van der Waals surface area contributed by atoms with Crippen molar-refractivity contribution < 1.29 is 14.3 Å². The smallest absolute Gasteiger partial charge is 0.309 e. The largest absolute Gasteiger partial charge is 0.489 e. The van der Waals surface area contributed by atoms with Gasteiger partial charge >= 0.3 is 5.97 Å². The highest BCUT2D eigenvalue weighted by molar-refractivity contribution is 5.72. The molecule has 2 rings (SSSR count). The Hall–Kier alpha value is -2.29. The van der Waals surface area contributed by atoms with E-state index in [1.165, 1.54) is 18.2 Å². The Labute approximate surface area is 138 Å². The van der Waals surface area contributed by atoms with Gasteiger partial charge < -0.3 is 9.47 Å². The molecule has 0 aliphatic heterocycles. The average molecular weight is 312 g/mol. The molecule has 0 unspecified atom stereocenters. The molecule has 0 aliphatic rings. The summed E-state index contributed by atoms with van der Waals surface area (Å²) in [4.78, 5) is 11.5. The maximum Gasteiger partial charge on any atom is 0.309 e. The van der Waals surface area contributed by atoms with E-state index < -0.39 is 0 Å². The van der Waals surface area contributed by atoms with Gasteiger partial charge in [0.15, 0.2) is 0 Å². The maximum absolute atomic E-state index is 11.5. The maximum atomic E-state index is 11.5. The normalized spacial score (nSPS) is 10.4. The predicted molar refractivity (Wildman–Crippen MR) is 91.8 cm³/mol. The fourth-order valence-electron chi connectivity index (χ4n) is 2.64. The number of esters is 1. The van der Waals surface area contributed by atoms with E-state index in [-0.39, 0.29) is 12.4 Å². The monoisotopic (exact) mass is 312 g/mol. The van der Waals surface area contributed by atoms with Crippen molar-refractivity contribution in [1.29, 1.82) is 0 Å². The number of methoxy groups -OCH3 is 1. The summed E-state index contributed by atoms with van der Waals surface area (Å²) in [5.41, 5.74) is 5.68. The number of benzene rings is 2. The number of aryl methyl sites for hydroxylation is 3. The highest BCUT2D eigenvalue weighted by Gasteiger charge is 2.10. The van der Waals surface area contributed by atoms with Crippen LogP contribution in [0.15, 0.2) is 36.4 Å². The fraction of sp³-hybridized carbons (Fsp3) is 0.350. The zero-order chi connectivity index (χ0) is 16.8. The summed E-state index contributed by atoms with van der Waals surface area (Å²) in [5, 5.41) is 0. The van der Waals surface area contributed by atoms with Gasteiger partial charge in [-0.15, -0.1) is 0 Å². The minimum atomic E-state index is -0.239. The van der Waals surface area contributed by atoms with Crippen LogP contribution >= 0.6 is 0 Å². The lowest BCUT2D eigenvalue weighted by Gasteiger charge is -2.14. The molecule has 0 aromatic heterocycles. The predicted octanol–water partition coefficient (Wildman–Crippen LogP) is 4.16. The van der Waals surface area contributed by atoms with Gasteiger partial charge in [0.25, 0.3) is 0 Å². The second kappa shape index (κ2) is 7.82. The molecule has 122 valence electrons. The molecule has 0 N–H and O–H groups in total. The van der Waals surface area contributed by atoms with Crippen LogP contribution in [0, 0.1) is 13.8 Å². The summed E-state index contributed by atoms with van der Waals surface area (Å²) < 4.78 is 10.8. The second-order valence-electron chi connectivity index (χ2n) is 5.71. The first-order valence-electron chi connectivity index (χ1n) is 7.91. The van der Waals surface area contributed by atoms with Crippen LogP contribution in [0.25, 0.3) is 0 Å². The van der Waals surface area contributed by atoms with Gasteiger partial charge in [0.05, 0.1) is 13.5 Å². The van der Waals surface area contributed by atoms with E-state index in [0.717, 1.165) is 28.9 Å². The molecule has 0 bridgehead atoms. The molecule has 23 heavy (non-hydrogen) atoms. The molecule has 0 saturated carbocycles. The molecule has 0 spiro atoms. The molecule has 2 aromatic rings. The Morgan fingerprint density at radius 1 is 1.00 bits per heavy atom. The van der Waals surface area contributed by atoms with Crippen molar-refractivity contribution >= 4 is 5.97 Å². The number of carbonyl (C=O) groups is 1. The third-order valence-corrected chi connectivity index (χ3v) is 4.08. The van der Waals surface area contributed by atoms with Crippen LogP contribution in [0.5, 0.6) is 5.75 Å². The fourth-order valence-corrected chi connectivity index (χ4v) is 2.64. The minimum Gasteiger partial charge on any atom is -0.489 e. The molecule has 2 aromatic carbocycles. The van der Waals surface area contributed by atoms with Crippen molar-refractivity contribution in [2.24, 2.45) is 0 Å². The lowest BCUT2D eigenvalue weighted by Crippen LogP contribution is -2.08. The first kappa shape index (κ1) is 17.1. The van der Waals surface area contributed by atoms with E-state index in [9.17, 15) is 4.79 Å². The number of rotatable bonds is 6. The van der Waals surface area contributed by atoms with E-state index in [1.807, 2.05) is 24.3 Å². The van der Waals surface area contributed by atoms with Crippen molar-refractivity contribution in [3.8, 4) is 5.75 Å². The Kier molecular flexibility index (Phi) is 5.80. The third kappa shape index (κ3) is 4.35. The third-order valence-electron chi connectivity index (χ3n) is 4.08. The molecule has 0 saturated heterocycles. The molecular formula is C20H24O3. The summed E-state index contributed by atoms with van der Waals surface area (Å²) in [6.07, 6.45) is 1.29. The number of ether oxygens (including phenoxy) is 2. The van der Waals surface area contributed by atoms with E-state index in [2.05, 4.69) is 32.9 Å². The van der Waals surface area contributed by atoms with Crippen LogP contribution in [0.3, 0.4) is 0 Å². The van der Waals surface area contributed by atoms with Crippen LogP contribution in [0.2, 0.25) is 0 Å². The molecule has 0 aliphatic carbocycles. The minimum absolute atomic E-state index is 0.239. The average Bonchev–Trinajstić information content (AvgIpc) is 2.56.